The van der Waals surface area contributed by atoms with Gasteiger partial charge in [0.05, 0.1) is 22.3 Å². The summed E-state index contributed by atoms with van der Waals surface area (Å²) in [5, 5.41) is 4.42. The van der Waals surface area contributed by atoms with Crippen LogP contribution in [-0.4, -0.2) is 15.6 Å². The standard InChI is InChI=1S/C16H19BrN2O/c1-4-12-6-8-13(9-7-12)15(20)10-14-16(17)11(3)18-19(14)5-2/h6-9H,4-5,10H2,1-3H3. The van der Waals surface area contributed by atoms with Gasteiger partial charge in [0.25, 0.3) is 0 Å². The summed E-state index contributed by atoms with van der Waals surface area (Å²) in [4.78, 5) is 12.4. The summed E-state index contributed by atoms with van der Waals surface area (Å²) in [7, 11) is 0. The fraction of sp³-hybridized carbons (Fsp3) is 0.375. The first-order valence-corrected chi connectivity index (χ1v) is 7.70. The Hall–Kier alpha value is -1.42. The Morgan fingerprint density at radius 2 is 1.90 bits per heavy atom. The molecule has 4 heteroatoms. The van der Waals surface area contributed by atoms with Gasteiger partial charge in [-0.25, -0.2) is 0 Å². The molecule has 0 fully saturated rings. The predicted octanol–water partition coefficient (Wildman–Crippen LogP) is 3.96. The largest absolute Gasteiger partial charge is 0.294 e. The zero-order valence-electron chi connectivity index (χ0n) is 12.1. The van der Waals surface area contributed by atoms with Gasteiger partial charge in [-0.15, -0.1) is 0 Å². The Morgan fingerprint density at radius 3 is 2.45 bits per heavy atom. The van der Waals surface area contributed by atoms with Crippen LogP contribution in [0.25, 0.3) is 0 Å². The molecule has 1 heterocycles. The van der Waals surface area contributed by atoms with E-state index in [1.54, 1.807) is 0 Å². The first-order valence-electron chi connectivity index (χ1n) is 6.90. The van der Waals surface area contributed by atoms with Gasteiger partial charge in [-0.3, -0.25) is 9.48 Å². The van der Waals surface area contributed by atoms with Gasteiger partial charge < -0.3 is 0 Å². The van der Waals surface area contributed by atoms with Crippen molar-refractivity contribution in [2.24, 2.45) is 0 Å². The molecule has 0 N–H and O–H groups in total. The third-order valence-electron chi connectivity index (χ3n) is 3.46. The highest BCUT2D eigenvalue weighted by Gasteiger charge is 2.16. The Morgan fingerprint density at radius 1 is 1.25 bits per heavy atom. The van der Waals surface area contributed by atoms with Gasteiger partial charge in [0, 0.05) is 12.1 Å². The molecule has 0 aliphatic rings. The van der Waals surface area contributed by atoms with Crippen LogP contribution >= 0.6 is 15.9 Å². The van der Waals surface area contributed by atoms with E-state index in [0.29, 0.717) is 6.42 Å². The molecule has 0 saturated heterocycles. The molecule has 0 spiro atoms. The monoisotopic (exact) mass is 334 g/mol. The number of rotatable bonds is 5. The lowest BCUT2D eigenvalue weighted by atomic mass is 10.0. The highest BCUT2D eigenvalue weighted by Crippen LogP contribution is 2.22. The maximum atomic E-state index is 12.4. The number of hydrogen-bond acceptors (Lipinski definition) is 2. The minimum Gasteiger partial charge on any atom is -0.294 e. The topological polar surface area (TPSA) is 34.9 Å². The third-order valence-corrected chi connectivity index (χ3v) is 4.50. The fourth-order valence-electron chi connectivity index (χ4n) is 2.22. The lowest BCUT2D eigenvalue weighted by Crippen LogP contribution is -2.10. The Labute approximate surface area is 128 Å². The van der Waals surface area contributed by atoms with Crippen molar-refractivity contribution in [2.45, 2.75) is 40.2 Å². The van der Waals surface area contributed by atoms with Gasteiger partial charge in [0.15, 0.2) is 5.78 Å². The Bertz CT molecular complexity index is 614. The zero-order chi connectivity index (χ0) is 14.7. The van der Waals surface area contributed by atoms with E-state index in [4.69, 9.17) is 0 Å². The molecule has 0 amide bonds. The number of carbonyl (C=O) groups excluding carboxylic acids is 1. The van der Waals surface area contributed by atoms with Gasteiger partial charge in [-0.05, 0) is 41.8 Å². The van der Waals surface area contributed by atoms with Crippen LogP contribution in [0.15, 0.2) is 28.7 Å². The van der Waals surface area contributed by atoms with E-state index < -0.39 is 0 Å². The minimum atomic E-state index is 0.128. The van der Waals surface area contributed by atoms with Crippen LogP contribution in [0.2, 0.25) is 0 Å². The van der Waals surface area contributed by atoms with Crippen LogP contribution in [0, 0.1) is 6.92 Å². The van der Waals surface area contributed by atoms with Crippen LogP contribution in [-0.2, 0) is 19.4 Å². The van der Waals surface area contributed by atoms with Crippen LogP contribution in [0.4, 0.5) is 0 Å². The molecule has 0 atom stereocenters. The molecule has 1 aromatic heterocycles. The Balaban J connectivity index is 2.22. The van der Waals surface area contributed by atoms with Gasteiger partial charge >= 0.3 is 0 Å². The van der Waals surface area contributed by atoms with Crippen molar-refractivity contribution >= 4 is 21.7 Å². The molecule has 0 aliphatic carbocycles. The predicted molar refractivity (Wildman–Crippen MR) is 84.2 cm³/mol. The lowest BCUT2D eigenvalue weighted by Gasteiger charge is -2.06. The van der Waals surface area contributed by atoms with E-state index >= 15 is 0 Å². The van der Waals surface area contributed by atoms with Crippen molar-refractivity contribution in [2.75, 3.05) is 0 Å². The molecular formula is C16H19BrN2O. The Kier molecular flexibility index (Phi) is 4.76. The maximum Gasteiger partial charge on any atom is 0.168 e. The fourth-order valence-corrected chi connectivity index (χ4v) is 2.64. The number of carbonyl (C=O) groups is 1. The van der Waals surface area contributed by atoms with Crippen molar-refractivity contribution in [3.05, 3.63) is 51.3 Å². The van der Waals surface area contributed by atoms with Crippen molar-refractivity contribution in [1.82, 2.24) is 9.78 Å². The highest BCUT2D eigenvalue weighted by molar-refractivity contribution is 9.10. The third kappa shape index (κ3) is 3.01. The van der Waals surface area contributed by atoms with Gasteiger partial charge in [0.1, 0.15) is 0 Å². The van der Waals surface area contributed by atoms with Gasteiger partial charge in [-0.1, -0.05) is 31.2 Å². The van der Waals surface area contributed by atoms with Crippen LogP contribution < -0.4 is 0 Å². The first kappa shape index (κ1) is 15.0. The number of Topliss-reactive ketones (excluding diaryl/α,β-unsaturated/α-hetero) is 1. The average molecular weight is 335 g/mol. The summed E-state index contributed by atoms with van der Waals surface area (Å²) < 4.78 is 2.83. The molecule has 2 aromatic rings. The van der Waals surface area contributed by atoms with Crippen LogP contribution in [0.5, 0.6) is 0 Å². The first-order chi connectivity index (χ1) is 9.56. The van der Waals surface area contributed by atoms with Crippen molar-refractivity contribution < 1.29 is 4.79 Å². The van der Waals surface area contributed by atoms with E-state index in [0.717, 1.165) is 34.4 Å². The summed E-state index contributed by atoms with van der Waals surface area (Å²) in [5.41, 5.74) is 3.89. The van der Waals surface area contributed by atoms with Gasteiger partial charge in [0.2, 0.25) is 0 Å². The van der Waals surface area contributed by atoms with E-state index in [9.17, 15) is 4.79 Å². The molecule has 106 valence electrons. The molecule has 1 aromatic carbocycles. The van der Waals surface area contributed by atoms with Crippen LogP contribution in [0.1, 0.15) is 41.2 Å². The average Bonchev–Trinajstić information content (AvgIpc) is 2.75. The second kappa shape index (κ2) is 6.35. The normalized spacial score (nSPS) is 10.8. The van der Waals surface area contributed by atoms with E-state index in [2.05, 4.69) is 28.0 Å². The van der Waals surface area contributed by atoms with Crippen molar-refractivity contribution in [3.8, 4) is 0 Å². The maximum absolute atomic E-state index is 12.4. The summed E-state index contributed by atoms with van der Waals surface area (Å²) in [5.74, 6) is 0.128. The van der Waals surface area contributed by atoms with Crippen molar-refractivity contribution in [3.63, 3.8) is 0 Å². The summed E-state index contributed by atoms with van der Waals surface area (Å²) >= 11 is 3.53. The summed E-state index contributed by atoms with van der Waals surface area (Å²) in [6.45, 7) is 6.85. The molecule has 3 nitrogen and oxygen atoms in total. The quantitative estimate of drug-likeness (QED) is 0.775. The van der Waals surface area contributed by atoms with Crippen LogP contribution in [0.3, 0.4) is 0 Å². The minimum absolute atomic E-state index is 0.128. The molecule has 0 radical (unpaired) electrons. The number of aryl methyl sites for hydroxylation is 3. The molecule has 0 saturated carbocycles. The number of aromatic nitrogens is 2. The van der Waals surface area contributed by atoms with Gasteiger partial charge in [-0.2, -0.15) is 5.10 Å². The second-order valence-corrected chi connectivity index (χ2v) is 5.61. The van der Waals surface area contributed by atoms with E-state index in [1.165, 1.54) is 5.56 Å². The molecule has 2 rings (SSSR count). The molecule has 20 heavy (non-hydrogen) atoms. The zero-order valence-corrected chi connectivity index (χ0v) is 13.7. The number of benzene rings is 1. The molecule has 0 aliphatic heterocycles. The molecule has 0 unspecified atom stereocenters. The lowest BCUT2D eigenvalue weighted by molar-refractivity contribution is 0.0990. The molecule has 0 bridgehead atoms. The summed E-state index contributed by atoms with van der Waals surface area (Å²) in [6.07, 6.45) is 1.36. The number of halogens is 1. The number of nitrogens with zero attached hydrogens (tertiary/aromatic N) is 2. The highest BCUT2D eigenvalue weighted by atomic mass is 79.9. The summed E-state index contributed by atoms with van der Waals surface area (Å²) in [6, 6.07) is 7.86. The second-order valence-electron chi connectivity index (χ2n) is 4.81. The van der Waals surface area contributed by atoms with E-state index in [-0.39, 0.29) is 5.78 Å². The van der Waals surface area contributed by atoms with E-state index in [1.807, 2.05) is 42.8 Å². The number of ketones is 1. The number of hydrogen-bond donors (Lipinski definition) is 0. The SMILES string of the molecule is CCc1ccc(C(=O)Cc2c(Br)c(C)nn2CC)cc1. The smallest absolute Gasteiger partial charge is 0.168 e. The molecular weight excluding hydrogens is 316 g/mol. The van der Waals surface area contributed by atoms with Crippen molar-refractivity contribution in [1.29, 1.82) is 0 Å².